The number of aryl methyl sites for hydroxylation is 1. The molecule has 1 amide bonds. The first-order valence-electron chi connectivity index (χ1n) is 9.78. The number of amides is 1. The van der Waals surface area contributed by atoms with Gasteiger partial charge in [-0.25, -0.2) is 4.98 Å². The number of ether oxygens (including phenoxy) is 2. The lowest BCUT2D eigenvalue weighted by Gasteiger charge is -2.12. The average molecular weight is 436 g/mol. The van der Waals surface area contributed by atoms with Crippen LogP contribution in [0, 0.1) is 6.92 Å². The third-order valence-corrected chi connectivity index (χ3v) is 5.51. The van der Waals surface area contributed by atoms with Crippen molar-refractivity contribution in [2.75, 3.05) is 11.9 Å². The number of para-hydroxylation sites is 2. The van der Waals surface area contributed by atoms with Crippen LogP contribution in [0.2, 0.25) is 0 Å². The van der Waals surface area contributed by atoms with Crippen LogP contribution in [0.15, 0.2) is 64.8 Å². The molecule has 31 heavy (non-hydrogen) atoms. The number of aromatic nitrogens is 2. The van der Waals surface area contributed by atoms with Gasteiger partial charge >= 0.3 is 0 Å². The van der Waals surface area contributed by atoms with E-state index < -0.39 is 0 Å². The summed E-state index contributed by atoms with van der Waals surface area (Å²) in [4.78, 5) is 30.1. The summed E-state index contributed by atoms with van der Waals surface area (Å²) in [5, 5.41) is 4.76. The highest BCUT2D eigenvalue weighted by molar-refractivity contribution is 7.15. The van der Waals surface area contributed by atoms with Gasteiger partial charge in [-0.2, -0.15) is 0 Å². The summed E-state index contributed by atoms with van der Waals surface area (Å²) in [5.74, 6) is 0.946. The number of anilines is 1. The van der Waals surface area contributed by atoms with Crippen molar-refractivity contribution in [3.05, 3.63) is 87.3 Å². The van der Waals surface area contributed by atoms with Crippen LogP contribution in [0.5, 0.6) is 11.5 Å². The molecule has 2 heterocycles. The zero-order valence-electron chi connectivity index (χ0n) is 17.1. The number of fused-ring (bicyclic) bond motifs is 1. The molecule has 4 aromatic rings. The number of carbonyl (C=O) groups excluding carboxylic acids is 1. The van der Waals surface area contributed by atoms with Crippen LogP contribution in [-0.4, -0.2) is 21.9 Å². The fourth-order valence-electron chi connectivity index (χ4n) is 3.09. The molecular formula is C23H21N3O4S. The van der Waals surface area contributed by atoms with Crippen molar-refractivity contribution >= 4 is 27.9 Å². The van der Waals surface area contributed by atoms with Crippen molar-refractivity contribution in [1.82, 2.24) is 9.38 Å². The number of thiazole rings is 1. The molecular weight excluding hydrogens is 414 g/mol. The number of nitrogens with zero attached hydrogens (tertiary/aromatic N) is 2. The van der Waals surface area contributed by atoms with Crippen LogP contribution in [0.25, 0.3) is 4.96 Å². The van der Waals surface area contributed by atoms with E-state index in [9.17, 15) is 9.59 Å². The lowest BCUT2D eigenvalue weighted by molar-refractivity contribution is 0.102. The first-order valence-corrected chi connectivity index (χ1v) is 10.7. The molecule has 0 unspecified atom stereocenters. The van der Waals surface area contributed by atoms with E-state index in [1.165, 1.54) is 17.4 Å². The summed E-state index contributed by atoms with van der Waals surface area (Å²) >= 11 is 1.41. The van der Waals surface area contributed by atoms with Crippen molar-refractivity contribution in [3.63, 3.8) is 0 Å². The number of hydrogen-bond donors (Lipinski definition) is 1. The Morgan fingerprint density at radius 2 is 1.90 bits per heavy atom. The first-order chi connectivity index (χ1) is 15.0. The third kappa shape index (κ3) is 4.59. The minimum absolute atomic E-state index is 0.110. The molecule has 0 saturated heterocycles. The predicted molar refractivity (Wildman–Crippen MR) is 120 cm³/mol. The Labute approximate surface area is 182 Å². The monoisotopic (exact) mass is 435 g/mol. The minimum Gasteiger partial charge on any atom is -0.494 e. The maximum Gasteiger partial charge on any atom is 0.259 e. The van der Waals surface area contributed by atoms with E-state index in [1.807, 2.05) is 31.4 Å². The average Bonchev–Trinajstić information content (AvgIpc) is 3.15. The van der Waals surface area contributed by atoms with Gasteiger partial charge in [-0.15, -0.1) is 11.3 Å². The van der Waals surface area contributed by atoms with Gasteiger partial charge in [0.1, 0.15) is 18.1 Å². The van der Waals surface area contributed by atoms with Crippen LogP contribution in [0.4, 0.5) is 5.69 Å². The molecule has 0 saturated carbocycles. The van der Waals surface area contributed by atoms with Crippen LogP contribution >= 0.6 is 11.3 Å². The second-order valence-electron chi connectivity index (χ2n) is 6.78. The van der Waals surface area contributed by atoms with Gasteiger partial charge < -0.3 is 14.8 Å². The molecule has 0 radical (unpaired) electrons. The van der Waals surface area contributed by atoms with E-state index in [-0.39, 0.29) is 18.1 Å². The molecule has 0 spiro atoms. The lowest BCUT2D eigenvalue weighted by Crippen LogP contribution is -2.16. The normalized spacial score (nSPS) is 10.8. The molecule has 158 valence electrons. The van der Waals surface area contributed by atoms with Gasteiger partial charge in [0.05, 0.1) is 18.0 Å². The summed E-state index contributed by atoms with van der Waals surface area (Å²) in [7, 11) is 0. The zero-order chi connectivity index (χ0) is 21.8. The van der Waals surface area contributed by atoms with Gasteiger partial charge in [0.15, 0.2) is 4.96 Å². The highest BCUT2D eigenvalue weighted by Gasteiger charge is 2.12. The van der Waals surface area contributed by atoms with E-state index in [2.05, 4.69) is 10.3 Å². The molecule has 0 aliphatic rings. The second kappa shape index (κ2) is 9.01. The number of benzene rings is 2. The largest absolute Gasteiger partial charge is 0.494 e. The Morgan fingerprint density at radius 3 is 2.68 bits per heavy atom. The third-order valence-electron chi connectivity index (χ3n) is 4.57. The second-order valence-corrected chi connectivity index (χ2v) is 7.61. The zero-order valence-corrected chi connectivity index (χ0v) is 17.9. The standard InChI is InChI=1S/C23H21N3O4S/c1-3-29-18-10-8-16(9-11-18)22(28)25-19-6-4-5-7-20(19)30-13-17-12-21(27)26-15(2)14-31-23(26)24-17/h4-12,14H,3,13H2,1-2H3,(H,25,28). The van der Waals surface area contributed by atoms with E-state index in [4.69, 9.17) is 9.47 Å². The van der Waals surface area contributed by atoms with Gasteiger partial charge in [0.2, 0.25) is 0 Å². The van der Waals surface area contributed by atoms with Crippen molar-refractivity contribution in [3.8, 4) is 11.5 Å². The van der Waals surface area contributed by atoms with Gasteiger partial charge in [-0.3, -0.25) is 14.0 Å². The Bertz CT molecular complexity index is 1280. The van der Waals surface area contributed by atoms with E-state index in [0.29, 0.717) is 40.0 Å². The Hall–Kier alpha value is -3.65. The molecule has 0 bridgehead atoms. The molecule has 2 aromatic heterocycles. The smallest absolute Gasteiger partial charge is 0.259 e. The molecule has 7 nitrogen and oxygen atoms in total. The molecule has 8 heteroatoms. The minimum atomic E-state index is -0.258. The van der Waals surface area contributed by atoms with Crippen molar-refractivity contribution in [1.29, 1.82) is 0 Å². The molecule has 0 aliphatic heterocycles. The van der Waals surface area contributed by atoms with Gasteiger partial charge in [0, 0.05) is 22.7 Å². The van der Waals surface area contributed by atoms with Gasteiger partial charge in [-0.05, 0) is 50.2 Å². The van der Waals surface area contributed by atoms with Crippen molar-refractivity contribution < 1.29 is 14.3 Å². The molecule has 2 aromatic carbocycles. The molecule has 0 atom stereocenters. The maximum atomic E-state index is 12.6. The van der Waals surface area contributed by atoms with Crippen molar-refractivity contribution in [2.24, 2.45) is 0 Å². The summed E-state index contributed by atoms with van der Waals surface area (Å²) in [5.41, 5.74) is 2.28. The molecule has 1 N–H and O–H groups in total. The highest BCUT2D eigenvalue weighted by atomic mass is 32.1. The fraction of sp³-hybridized carbons (Fsp3) is 0.174. The Morgan fingerprint density at radius 1 is 1.13 bits per heavy atom. The number of hydrogen-bond acceptors (Lipinski definition) is 6. The SMILES string of the molecule is CCOc1ccc(C(=O)Nc2ccccc2OCc2cc(=O)n3c(C)csc3n2)cc1. The molecule has 0 aliphatic carbocycles. The van der Waals surface area contributed by atoms with Crippen LogP contribution < -0.4 is 20.3 Å². The quantitative estimate of drug-likeness (QED) is 0.468. The number of nitrogens with one attached hydrogen (secondary N) is 1. The fourth-order valence-corrected chi connectivity index (χ4v) is 3.98. The summed E-state index contributed by atoms with van der Waals surface area (Å²) in [6, 6.07) is 15.5. The van der Waals surface area contributed by atoms with E-state index in [1.54, 1.807) is 40.8 Å². The van der Waals surface area contributed by atoms with Crippen LogP contribution in [0.1, 0.15) is 28.7 Å². The van der Waals surface area contributed by atoms with Crippen LogP contribution in [-0.2, 0) is 6.61 Å². The number of rotatable bonds is 7. The van der Waals surface area contributed by atoms with E-state index in [0.717, 1.165) is 5.69 Å². The number of carbonyl (C=O) groups is 1. The maximum absolute atomic E-state index is 12.6. The first kappa shape index (κ1) is 20.6. The van der Waals surface area contributed by atoms with Gasteiger partial charge in [0.25, 0.3) is 11.5 Å². The van der Waals surface area contributed by atoms with Gasteiger partial charge in [-0.1, -0.05) is 12.1 Å². The van der Waals surface area contributed by atoms with Crippen LogP contribution in [0.3, 0.4) is 0 Å². The molecule has 0 fully saturated rings. The summed E-state index contributed by atoms with van der Waals surface area (Å²) < 4.78 is 12.9. The Kier molecular flexibility index (Phi) is 5.99. The Balaban J connectivity index is 1.48. The van der Waals surface area contributed by atoms with Crippen molar-refractivity contribution in [2.45, 2.75) is 20.5 Å². The van der Waals surface area contributed by atoms with E-state index >= 15 is 0 Å². The topological polar surface area (TPSA) is 81.9 Å². The summed E-state index contributed by atoms with van der Waals surface area (Å²) in [6.45, 7) is 4.45. The highest BCUT2D eigenvalue weighted by Crippen LogP contribution is 2.25. The summed E-state index contributed by atoms with van der Waals surface area (Å²) in [6.07, 6.45) is 0. The molecule has 4 rings (SSSR count). The lowest BCUT2D eigenvalue weighted by atomic mass is 10.2. The predicted octanol–water partition coefficient (Wildman–Crippen LogP) is 4.29.